The standard InChI is InChI=1S/C15H18ClFN2O/c1-8(2)13-12(15(16)19(4)18-13)14(20)11-6-5-10(17)7-9(11)3/h5-8,14,20H,1-4H3. The summed E-state index contributed by atoms with van der Waals surface area (Å²) in [6.45, 7) is 5.75. The average Bonchev–Trinajstić information content (AvgIpc) is 2.65. The third kappa shape index (κ3) is 2.58. The summed E-state index contributed by atoms with van der Waals surface area (Å²) < 4.78 is 14.7. The van der Waals surface area contributed by atoms with Gasteiger partial charge in [-0.25, -0.2) is 4.39 Å². The van der Waals surface area contributed by atoms with Gasteiger partial charge in [0.15, 0.2) is 0 Å². The number of aromatic nitrogens is 2. The molecule has 2 aromatic rings. The van der Waals surface area contributed by atoms with Gasteiger partial charge in [0.2, 0.25) is 0 Å². The van der Waals surface area contributed by atoms with Gasteiger partial charge in [-0.1, -0.05) is 31.5 Å². The van der Waals surface area contributed by atoms with Crippen molar-refractivity contribution in [3.8, 4) is 0 Å². The maximum Gasteiger partial charge on any atom is 0.133 e. The molecule has 1 N–H and O–H groups in total. The Morgan fingerprint density at radius 1 is 1.35 bits per heavy atom. The molecule has 20 heavy (non-hydrogen) atoms. The fourth-order valence-corrected chi connectivity index (χ4v) is 2.56. The highest BCUT2D eigenvalue weighted by atomic mass is 35.5. The summed E-state index contributed by atoms with van der Waals surface area (Å²) in [5.41, 5.74) is 2.68. The molecule has 0 spiro atoms. The second-order valence-electron chi connectivity index (χ2n) is 5.27. The minimum atomic E-state index is -0.908. The first-order valence-electron chi connectivity index (χ1n) is 6.49. The van der Waals surface area contributed by atoms with Crippen molar-refractivity contribution >= 4 is 11.6 Å². The number of aliphatic hydroxyl groups excluding tert-OH is 1. The first-order chi connectivity index (χ1) is 9.32. The molecule has 0 aliphatic heterocycles. The Morgan fingerprint density at radius 2 is 2.00 bits per heavy atom. The van der Waals surface area contributed by atoms with E-state index in [1.807, 2.05) is 13.8 Å². The molecule has 0 saturated heterocycles. The van der Waals surface area contributed by atoms with Crippen LogP contribution in [0.25, 0.3) is 0 Å². The van der Waals surface area contributed by atoms with E-state index in [1.54, 1.807) is 24.7 Å². The zero-order chi connectivity index (χ0) is 15.0. The van der Waals surface area contributed by atoms with Gasteiger partial charge in [0.05, 0.1) is 5.69 Å². The second kappa shape index (κ2) is 5.54. The molecule has 1 aromatic heterocycles. The largest absolute Gasteiger partial charge is 0.383 e. The normalized spacial score (nSPS) is 13.0. The van der Waals surface area contributed by atoms with Gasteiger partial charge in [-0.3, -0.25) is 4.68 Å². The molecule has 108 valence electrons. The monoisotopic (exact) mass is 296 g/mol. The van der Waals surface area contributed by atoms with Gasteiger partial charge in [-0.05, 0) is 36.1 Å². The number of aliphatic hydroxyl groups is 1. The van der Waals surface area contributed by atoms with Crippen molar-refractivity contribution in [3.63, 3.8) is 0 Å². The SMILES string of the molecule is Cc1cc(F)ccc1C(O)c1c(C(C)C)nn(C)c1Cl. The summed E-state index contributed by atoms with van der Waals surface area (Å²) in [6, 6.07) is 4.32. The number of benzene rings is 1. The molecule has 5 heteroatoms. The van der Waals surface area contributed by atoms with Crippen molar-refractivity contribution < 1.29 is 9.50 Å². The first-order valence-corrected chi connectivity index (χ1v) is 6.87. The van der Waals surface area contributed by atoms with E-state index in [4.69, 9.17) is 11.6 Å². The van der Waals surface area contributed by atoms with Crippen LogP contribution in [-0.2, 0) is 7.05 Å². The van der Waals surface area contributed by atoms with Crippen LogP contribution in [0.15, 0.2) is 18.2 Å². The Labute approximate surface area is 123 Å². The Kier molecular flexibility index (Phi) is 4.16. The molecule has 0 aliphatic rings. The Hall–Kier alpha value is -1.39. The number of aryl methyl sites for hydroxylation is 2. The zero-order valence-corrected chi connectivity index (χ0v) is 12.7. The van der Waals surface area contributed by atoms with Crippen molar-refractivity contribution in [3.05, 3.63) is 51.6 Å². The molecular formula is C15H18ClFN2O. The molecule has 3 nitrogen and oxygen atoms in total. The predicted octanol–water partition coefficient (Wildman–Crippen LogP) is 3.73. The summed E-state index contributed by atoms with van der Waals surface area (Å²) in [6.07, 6.45) is -0.908. The van der Waals surface area contributed by atoms with Crippen LogP contribution >= 0.6 is 11.6 Å². The fourth-order valence-electron chi connectivity index (χ4n) is 2.32. The highest BCUT2D eigenvalue weighted by Gasteiger charge is 2.25. The smallest absolute Gasteiger partial charge is 0.133 e. The molecule has 0 aliphatic carbocycles. The lowest BCUT2D eigenvalue weighted by molar-refractivity contribution is 0.218. The van der Waals surface area contributed by atoms with Crippen LogP contribution in [0.5, 0.6) is 0 Å². The number of hydrogen-bond donors (Lipinski definition) is 1. The van der Waals surface area contributed by atoms with Crippen molar-refractivity contribution in [2.45, 2.75) is 32.8 Å². The van der Waals surface area contributed by atoms with Gasteiger partial charge in [0.25, 0.3) is 0 Å². The highest BCUT2D eigenvalue weighted by molar-refractivity contribution is 6.30. The van der Waals surface area contributed by atoms with Crippen LogP contribution in [0.1, 0.15) is 48.3 Å². The van der Waals surface area contributed by atoms with Gasteiger partial charge < -0.3 is 5.11 Å². The lowest BCUT2D eigenvalue weighted by Crippen LogP contribution is -2.06. The van der Waals surface area contributed by atoms with E-state index < -0.39 is 6.10 Å². The molecule has 0 bridgehead atoms. The average molecular weight is 297 g/mol. The van der Waals surface area contributed by atoms with Gasteiger partial charge in [0.1, 0.15) is 17.1 Å². The molecule has 1 unspecified atom stereocenters. The molecule has 0 fully saturated rings. The summed E-state index contributed by atoms with van der Waals surface area (Å²) in [5.74, 6) is -0.182. The number of halogens is 2. The quantitative estimate of drug-likeness (QED) is 0.937. The van der Waals surface area contributed by atoms with Crippen LogP contribution in [0.2, 0.25) is 5.15 Å². The Morgan fingerprint density at radius 3 is 2.55 bits per heavy atom. The van der Waals surface area contributed by atoms with Crippen molar-refractivity contribution in [2.75, 3.05) is 0 Å². The molecule has 0 amide bonds. The van der Waals surface area contributed by atoms with Crippen LogP contribution in [0.3, 0.4) is 0 Å². The topological polar surface area (TPSA) is 38.1 Å². The zero-order valence-electron chi connectivity index (χ0n) is 12.0. The number of nitrogens with zero attached hydrogens (tertiary/aromatic N) is 2. The second-order valence-corrected chi connectivity index (χ2v) is 5.63. The number of hydrogen-bond acceptors (Lipinski definition) is 2. The summed E-state index contributed by atoms with van der Waals surface area (Å²) in [4.78, 5) is 0. The van der Waals surface area contributed by atoms with Gasteiger partial charge >= 0.3 is 0 Å². The predicted molar refractivity (Wildman–Crippen MR) is 77.5 cm³/mol. The maximum atomic E-state index is 13.2. The van der Waals surface area contributed by atoms with Gasteiger partial charge in [-0.2, -0.15) is 5.10 Å². The lowest BCUT2D eigenvalue weighted by Gasteiger charge is -2.16. The van der Waals surface area contributed by atoms with Gasteiger partial charge in [-0.15, -0.1) is 0 Å². The summed E-state index contributed by atoms with van der Waals surface area (Å²) in [5, 5.41) is 15.4. The van der Waals surface area contributed by atoms with E-state index in [9.17, 15) is 9.50 Å². The van der Waals surface area contributed by atoms with E-state index in [0.717, 1.165) is 5.69 Å². The molecule has 0 saturated carbocycles. The molecular weight excluding hydrogens is 279 g/mol. The minimum Gasteiger partial charge on any atom is -0.383 e. The molecule has 2 rings (SSSR count). The van der Waals surface area contributed by atoms with Gasteiger partial charge in [0, 0.05) is 12.6 Å². The fraction of sp³-hybridized carbons (Fsp3) is 0.400. The Bertz CT molecular complexity index is 637. The van der Waals surface area contributed by atoms with Crippen LogP contribution in [0.4, 0.5) is 4.39 Å². The third-order valence-corrected chi connectivity index (χ3v) is 3.84. The van der Waals surface area contributed by atoms with E-state index in [0.29, 0.717) is 21.8 Å². The van der Waals surface area contributed by atoms with E-state index in [-0.39, 0.29) is 11.7 Å². The van der Waals surface area contributed by atoms with Crippen molar-refractivity contribution in [1.29, 1.82) is 0 Å². The summed E-state index contributed by atoms with van der Waals surface area (Å²) in [7, 11) is 1.74. The molecule has 1 heterocycles. The van der Waals surface area contributed by atoms with Crippen molar-refractivity contribution in [1.82, 2.24) is 9.78 Å². The summed E-state index contributed by atoms with van der Waals surface area (Å²) >= 11 is 6.25. The third-order valence-electron chi connectivity index (χ3n) is 3.39. The van der Waals surface area contributed by atoms with E-state index in [1.165, 1.54) is 12.1 Å². The van der Waals surface area contributed by atoms with E-state index in [2.05, 4.69) is 5.10 Å². The maximum absolute atomic E-state index is 13.2. The van der Waals surface area contributed by atoms with Crippen molar-refractivity contribution in [2.24, 2.45) is 7.05 Å². The molecule has 1 atom stereocenters. The van der Waals surface area contributed by atoms with Crippen LogP contribution in [0, 0.1) is 12.7 Å². The molecule has 0 radical (unpaired) electrons. The minimum absolute atomic E-state index is 0.138. The molecule has 1 aromatic carbocycles. The lowest BCUT2D eigenvalue weighted by atomic mass is 9.94. The Balaban J connectivity index is 2.55. The van der Waals surface area contributed by atoms with E-state index >= 15 is 0 Å². The van der Waals surface area contributed by atoms with Crippen LogP contribution < -0.4 is 0 Å². The highest BCUT2D eigenvalue weighted by Crippen LogP contribution is 2.35. The van der Waals surface area contributed by atoms with Crippen LogP contribution in [-0.4, -0.2) is 14.9 Å². The number of rotatable bonds is 3. The first kappa shape index (κ1) is 15.0.